The summed E-state index contributed by atoms with van der Waals surface area (Å²) in [5.41, 5.74) is 3.18. The highest BCUT2D eigenvalue weighted by Gasteiger charge is 2.49. The van der Waals surface area contributed by atoms with Crippen LogP contribution in [0.15, 0.2) is 54.6 Å². The third kappa shape index (κ3) is 4.00. The van der Waals surface area contributed by atoms with Crippen molar-refractivity contribution in [3.05, 3.63) is 60.2 Å². The third-order valence-electron chi connectivity index (χ3n) is 5.03. The van der Waals surface area contributed by atoms with E-state index >= 15 is 0 Å². The molecule has 0 aromatic heterocycles. The van der Waals surface area contributed by atoms with Gasteiger partial charge in [-0.3, -0.25) is 14.4 Å². The molecule has 1 amide bonds. The second-order valence-electron chi connectivity index (χ2n) is 7.62. The second-order valence-corrected chi connectivity index (χ2v) is 7.62. The van der Waals surface area contributed by atoms with Crippen molar-refractivity contribution >= 4 is 17.5 Å². The number of amides is 1. The Bertz CT molecular complexity index is 840. The monoisotopic (exact) mass is 363 g/mol. The van der Waals surface area contributed by atoms with Crippen molar-refractivity contribution in [1.29, 1.82) is 0 Å². The third-order valence-corrected chi connectivity index (χ3v) is 5.03. The van der Waals surface area contributed by atoms with Gasteiger partial charge in [-0.05, 0) is 36.0 Å². The molecule has 1 unspecified atom stereocenters. The predicted molar refractivity (Wildman–Crippen MR) is 105 cm³/mol. The lowest BCUT2D eigenvalue weighted by atomic mass is 9.94. The lowest BCUT2D eigenvalue weighted by molar-refractivity contribution is -0.138. The summed E-state index contributed by atoms with van der Waals surface area (Å²) in [5, 5.41) is 0. The average molecular weight is 363 g/mol. The van der Waals surface area contributed by atoms with Crippen molar-refractivity contribution in [2.24, 2.45) is 11.8 Å². The molecule has 0 N–H and O–H groups in total. The van der Waals surface area contributed by atoms with Crippen LogP contribution in [0.5, 0.6) is 0 Å². The molecule has 140 valence electrons. The minimum absolute atomic E-state index is 0.248. The van der Waals surface area contributed by atoms with Crippen LogP contribution in [-0.2, 0) is 20.9 Å². The fourth-order valence-electron chi connectivity index (χ4n) is 3.67. The van der Waals surface area contributed by atoms with E-state index in [4.69, 9.17) is 0 Å². The number of likely N-dealkylation sites (tertiary alicyclic amines) is 1. The summed E-state index contributed by atoms with van der Waals surface area (Å²) in [6, 6.07) is 17.6. The Morgan fingerprint density at radius 3 is 2.11 bits per heavy atom. The van der Waals surface area contributed by atoms with Crippen LogP contribution in [0, 0.1) is 11.8 Å². The van der Waals surface area contributed by atoms with E-state index in [0.29, 0.717) is 13.0 Å². The molecule has 1 heterocycles. The summed E-state index contributed by atoms with van der Waals surface area (Å²) in [6.45, 7) is 5.71. The van der Waals surface area contributed by atoms with Crippen LogP contribution in [0.4, 0.5) is 0 Å². The molecule has 1 aliphatic rings. The maximum atomic E-state index is 12.7. The number of benzene rings is 2. The zero-order valence-electron chi connectivity index (χ0n) is 16.0. The van der Waals surface area contributed by atoms with E-state index in [1.54, 1.807) is 4.90 Å². The first kappa shape index (κ1) is 19.0. The van der Waals surface area contributed by atoms with E-state index < -0.39 is 12.0 Å². The number of nitrogens with zero attached hydrogens (tertiary/aromatic N) is 1. The molecule has 0 radical (unpaired) electrons. The molecule has 0 bridgehead atoms. The largest absolute Gasteiger partial charge is 0.327 e. The van der Waals surface area contributed by atoms with Gasteiger partial charge >= 0.3 is 0 Å². The Labute approximate surface area is 160 Å². The summed E-state index contributed by atoms with van der Waals surface area (Å²) in [5.74, 6) is -1.83. The van der Waals surface area contributed by atoms with Crippen LogP contribution in [0.1, 0.15) is 32.8 Å². The lowest BCUT2D eigenvalue weighted by Crippen LogP contribution is -2.36. The van der Waals surface area contributed by atoms with Crippen molar-refractivity contribution in [3.8, 4) is 11.1 Å². The van der Waals surface area contributed by atoms with Gasteiger partial charge in [-0.25, -0.2) is 0 Å². The number of ketones is 2. The Kier molecular flexibility index (Phi) is 5.54. The summed E-state index contributed by atoms with van der Waals surface area (Å²) in [4.78, 5) is 38.8. The van der Waals surface area contributed by atoms with E-state index in [0.717, 1.165) is 16.7 Å². The standard InChI is InChI=1S/C23H25NO3/c1-15(2)13-20-22(26)21(16(3)25)23(27)24(20)14-17-9-11-19(12-10-17)18-7-5-4-6-8-18/h4-12,15,20-21H,13-14H2,1-3H3/t20-,21?/m0/s1. The molecule has 4 heteroatoms. The molecule has 2 atom stereocenters. The van der Waals surface area contributed by atoms with Crippen LogP contribution in [-0.4, -0.2) is 28.4 Å². The number of Topliss-reactive ketones (excluding diaryl/α,β-unsaturated/α-hetero) is 2. The SMILES string of the molecule is CC(=O)C1C(=O)[C@H](CC(C)C)N(Cc2ccc(-c3ccccc3)cc2)C1=O. The zero-order chi connectivity index (χ0) is 19.6. The predicted octanol–water partition coefficient (Wildman–Crippen LogP) is 3.88. The van der Waals surface area contributed by atoms with E-state index in [-0.39, 0.29) is 23.4 Å². The number of hydrogen-bond acceptors (Lipinski definition) is 3. The van der Waals surface area contributed by atoms with Gasteiger partial charge in [0.2, 0.25) is 5.91 Å². The molecule has 0 saturated carbocycles. The van der Waals surface area contributed by atoms with Crippen LogP contribution in [0.3, 0.4) is 0 Å². The lowest BCUT2D eigenvalue weighted by Gasteiger charge is -2.25. The molecule has 2 aromatic rings. The maximum absolute atomic E-state index is 12.7. The molecule has 3 rings (SSSR count). The van der Waals surface area contributed by atoms with Gasteiger partial charge in [-0.2, -0.15) is 0 Å². The van der Waals surface area contributed by atoms with E-state index in [1.165, 1.54) is 6.92 Å². The number of carbonyl (C=O) groups is 3. The molecular weight excluding hydrogens is 338 g/mol. The van der Waals surface area contributed by atoms with Gasteiger partial charge in [0.25, 0.3) is 0 Å². The first-order valence-electron chi connectivity index (χ1n) is 9.37. The maximum Gasteiger partial charge on any atom is 0.241 e. The van der Waals surface area contributed by atoms with Gasteiger partial charge in [0.1, 0.15) is 5.78 Å². The number of hydrogen-bond donors (Lipinski definition) is 0. The first-order valence-corrected chi connectivity index (χ1v) is 9.37. The molecule has 4 nitrogen and oxygen atoms in total. The van der Waals surface area contributed by atoms with Crippen molar-refractivity contribution in [1.82, 2.24) is 4.90 Å². The van der Waals surface area contributed by atoms with Gasteiger partial charge in [-0.15, -0.1) is 0 Å². The summed E-state index contributed by atoms with van der Waals surface area (Å²) < 4.78 is 0. The van der Waals surface area contributed by atoms with Crippen LogP contribution >= 0.6 is 0 Å². The fraction of sp³-hybridized carbons (Fsp3) is 0.348. The Balaban J connectivity index is 1.82. The molecule has 1 aliphatic heterocycles. The van der Waals surface area contributed by atoms with E-state index in [2.05, 4.69) is 0 Å². The van der Waals surface area contributed by atoms with Gasteiger partial charge in [-0.1, -0.05) is 68.4 Å². The molecule has 1 fully saturated rings. The average Bonchev–Trinajstić information content (AvgIpc) is 2.86. The summed E-state index contributed by atoms with van der Waals surface area (Å²) in [7, 11) is 0. The van der Waals surface area contributed by atoms with Crippen LogP contribution in [0.2, 0.25) is 0 Å². The quantitative estimate of drug-likeness (QED) is 0.732. The van der Waals surface area contributed by atoms with Gasteiger partial charge < -0.3 is 4.90 Å². The molecule has 2 aromatic carbocycles. The van der Waals surface area contributed by atoms with E-state index in [1.807, 2.05) is 68.4 Å². The van der Waals surface area contributed by atoms with Gasteiger partial charge in [0.05, 0.1) is 6.04 Å². The van der Waals surface area contributed by atoms with Crippen molar-refractivity contribution in [2.75, 3.05) is 0 Å². The second kappa shape index (κ2) is 7.87. The topological polar surface area (TPSA) is 54.5 Å². The number of carbonyl (C=O) groups excluding carboxylic acids is 3. The molecule has 0 aliphatic carbocycles. The minimum atomic E-state index is -1.13. The van der Waals surface area contributed by atoms with Crippen molar-refractivity contribution in [3.63, 3.8) is 0 Å². The smallest absolute Gasteiger partial charge is 0.241 e. The molecule has 1 saturated heterocycles. The highest BCUT2D eigenvalue weighted by atomic mass is 16.2. The fourth-order valence-corrected chi connectivity index (χ4v) is 3.67. The Hall–Kier alpha value is -2.75. The summed E-state index contributed by atoms with van der Waals surface area (Å²) in [6.07, 6.45) is 0.580. The van der Waals surface area contributed by atoms with E-state index in [9.17, 15) is 14.4 Å². The summed E-state index contributed by atoms with van der Waals surface area (Å²) >= 11 is 0. The first-order chi connectivity index (χ1) is 12.9. The zero-order valence-corrected chi connectivity index (χ0v) is 16.0. The highest BCUT2D eigenvalue weighted by molar-refractivity contribution is 6.23. The normalized spacial score (nSPS) is 19.8. The van der Waals surface area contributed by atoms with Crippen molar-refractivity contribution < 1.29 is 14.4 Å². The van der Waals surface area contributed by atoms with Crippen LogP contribution < -0.4 is 0 Å². The van der Waals surface area contributed by atoms with Crippen molar-refractivity contribution in [2.45, 2.75) is 39.8 Å². The Morgan fingerprint density at radius 2 is 1.56 bits per heavy atom. The minimum Gasteiger partial charge on any atom is -0.327 e. The number of rotatable bonds is 6. The van der Waals surface area contributed by atoms with Crippen LogP contribution in [0.25, 0.3) is 11.1 Å². The highest BCUT2D eigenvalue weighted by Crippen LogP contribution is 2.29. The molecule has 27 heavy (non-hydrogen) atoms. The van der Waals surface area contributed by atoms with Gasteiger partial charge in [0.15, 0.2) is 11.7 Å². The van der Waals surface area contributed by atoms with Gasteiger partial charge in [0, 0.05) is 6.54 Å². The Morgan fingerprint density at radius 1 is 0.963 bits per heavy atom. The molecule has 0 spiro atoms. The molecular formula is C23H25NO3.